The molecule has 0 heterocycles. The first-order valence-electron chi connectivity index (χ1n) is 10.9. The van der Waals surface area contributed by atoms with Crippen molar-refractivity contribution in [1.82, 2.24) is 10.6 Å². The largest absolute Gasteiger partial charge is 0.480 e. The molecule has 0 saturated heterocycles. The Morgan fingerprint density at radius 1 is 0.647 bits per heavy atom. The molecule has 0 aliphatic rings. The predicted octanol–water partition coefficient (Wildman–Crippen LogP) is -10.2. The Hall–Kier alpha value is -3.82. The van der Waals surface area contributed by atoms with Crippen LogP contribution in [0.15, 0.2) is 0 Å². The molecular weight excluding hydrogens is 448 g/mol. The van der Waals surface area contributed by atoms with Gasteiger partial charge < -0.3 is 21.5 Å². The summed E-state index contributed by atoms with van der Waals surface area (Å²) in [5.74, 6) is -2.32. The standard InChI is InChI=1S/C18H38N12O4/c19-10(4-1-7-26-16(20)21)13(31)29-11(5-2-8-27-17(22)23)14(32)30-12(15(33)34)6-3-9-28-18(24)25/h10-12H,1-9,19H2,(H,29,31)(H,30,32)(H,33,34)(H4,20,21,26)(H4,22,23,27)(H4,24,25,28)/p+3. The molecule has 16 nitrogen and oxygen atoms in total. The monoisotopic (exact) mass is 489 g/mol. The number of nitrogens with one attached hydrogen (secondary N) is 5. The third kappa shape index (κ3) is 15.1. The fraction of sp³-hybridized carbons (Fsp3) is 0.667. The number of rotatable bonds is 17. The van der Waals surface area contributed by atoms with Crippen LogP contribution in [0.3, 0.4) is 0 Å². The van der Waals surface area contributed by atoms with E-state index in [9.17, 15) is 19.5 Å². The number of amides is 2. The summed E-state index contributed by atoms with van der Waals surface area (Å²) in [5.41, 5.74) is 37.8. The van der Waals surface area contributed by atoms with Crippen LogP contribution < -0.4 is 65.7 Å². The van der Waals surface area contributed by atoms with Crippen LogP contribution in [-0.2, 0) is 14.4 Å². The van der Waals surface area contributed by atoms with E-state index < -0.39 is 35.9 Å². The topological polar surface area (TPSA) is 320 Å². The molecule has 0 aromatic carbocycles. The maximum absolute atomic E-state index is 12.8. The highest BCUT2D eigenvalue weighted by atomic mass is 16.4. The van der Waals surface area contributed by atoms with Crippen LogP contribution in [0, 0.1) is 0 Å². The van der Waals surface area contributed by atoms with Gasteiger partial charge in [0.2, 0.25) is 11.8 Å². The first-order chi connectivity index (χ1) is 15.9. The van der Waals surface area contributed by atoms with Crippen LogP contribution in [-0.4, -0.2) is 78.5 Å². The zero-order valence-electron chi connectivity index (χ0n) is 19.3. The smallest absolute Gasteiger partial charge is 0.338 e. The molecule has 0 spiro atoms. The fourth-order valence-electron chi connectivity index (χ4n) is 2.84. The predicted molar refractivity (Wildman–Crippen MR) is 125 cm³/mol. The van der Waals surface area contributed by atoms with Crippen LogP contribution in [0.1, 0.15) is 38.5 Å². The van der Waals surface area contributed by atoms with E-state index in [0.29, 0.717) is 45.3 Å². The molecule has 0 aliphatic heterocycles. The van der Waals surface area contributed by atoms with Crippen LogP contribution in [0.25, 0.3) is 0 Å². The summed E-state index contributed by atoms with van der Waals surface area (Å²) in [4.78, 5) is 45.0. The minimum absolute atomic E-state index is 0.0133. The van der Waals surface area contributed by atoms with Gasteiger partial charge in [-0.05, 0) is 38.5 Å². The zero-order chi connectivity index (χ0) is 26.1. The molecule has 3 unspecified atom stereocenters. The lowest BCUT2D eigenvalue weighted by Crippen LogP contribution is -2.78. The average Bonchev–Trinajstić information content (AvgIpc) is 2.74. The first kappa shape index (κ1) is 30.2. The zero-order valence-corrected chi connectivity index (χ0v) is 19.3. The van der Waals surface area contributed by atoms with E-state index in [1.165, 1.54) is 0 Å². The number of hydrogen-bond donors (Lipinski definition) is 13. The Kier molecular flexibility index (Phi) is 14.9. The van der Waals surface area contributed by atoms with Gasteiger partial charge in [-0.25, -0.2) is 4.79 Å². The number of carboxylic acids is 1. The highest BCUT2D eigenvalue weighted by molar-refractivity contribution is 5.91. The number of carboxylic acid groups (broad SMARTS) is 1. The molecule has 0 rings (SSSR count). The Bertz CT molecular complexity index is 743. The summed E-state index contributed by atoms with van der Waals surface area (Å²) >= 11 is 0. The molecule has 34 heavy (non-hydrogen) atoms. The lowest BCUT2D eigenvalue weighted by atomic mass is 10.1. The highest BCUT2D eigenvalue weighted by Gasteiger charge is 2.27. The normalized spacial score (nSPS) is 13.0. The van der Waals surface area contributed by atoms with E-state index in [-0.39, 0.29) is 30.7 Å². The van der Waals surface area contributed by atoms with Crippen molar-refractivity contribution in [1.29, 1.82) is 0 Å². The van der Waals surface area contributed by atoms with E-state index in [2.05, 4.69) is 25.6 Å². The van der Waals surface area contributed by atoms with Crippen molar-refractivity contribution < 1.29 is 34.5 Å². The highest BCUT2D eigenvalue weighted by Crippen LogP contribution is 2.03. The SMILES string of the molecule is NC(N)=[NH+]CCCC(N)C(=O)NC(CCC[NH+]=C(N)N)C(=O)NC(CCC[NH+]=C(N)N)C(=O)O. The molecule has 0 radical (unpaired) electrons. The second kappa shape index (κ2) is 16.8. The average molecular weight is 490 g/mol. The van der Waals surface area contributed by atoms with Gasteiger partial charge in [0.05, 0.1) is 25.7 Å². The van der Waals surface area contributed by atoms with Gasteiger partial charge in [0.15, 0.2) is 0 Å². The van der Waals surface area contributed by atoms with E-state index >= 15 is 0 Å². The Morgan fingerprint density at radius 2 is 1.03 bits per heavy atom. The lowest BCUT2D eigenvalue weighted by Gasteiger charge is -2.22. The first-order valence-corrected chi connectivity index (χ1v) is 10.9. The van der Waals surface area contributed by atoms with Crippen LogP contribution in [0.4, 0.5) is 0 Å². The van der Waals surface area contributed by atoms with E-state index in [4.69, 9.17) is 40.1 Å². The Labute approximate surface area is 197 Å². The molecule has 3 atom stereocenters. The summed E-state index contributed by atoms with van der Waals surface area (Å²) in [5, 5.41) is 14.5. The second-order valence-electron chi connectivity index (χ2n) is 7.64. The third-order valence-corrected chi connectivity index (χ3v) is 4.60. The van der Waals surface area contributed by atoms with Gasteiger partial charge in [0.1, 0.15) is 12.1 Å². The molecule has 0 saturated carbocycles. The van der Waals surface area contributed by atoms with E-state index in [1.807, 2.05) is 0 Å². The summed E-state index contributed by atoms with van der Waals surface area (Å²) in [6, 6.07) is -3.07. The molecule has 0 fully saturated rings. The van der Waals surface area contributed by atoms with Gasteiger partial charge in [-0.3, -0.25) is 59.0 Å². The molecule has 0 aromatic heterocycles. The molecule has 0 aliphatic carbocycles. The van der Waals surface area contributed by atoms with Crippen molar-refractivity contribution in [3.05, 3.63) is 0 Å². The van der Waals surface area contributed by atoms with Crippen LogP contribution in [0.5, 0.6) is 0 Å². The Balaban J connectivity index is 5.10. The van der Waals surface area contributed by atoms with Gasteiger partial charge in [0.25, 0.3) is 0 Å². The maximum Gasteiger partial charge on any atom is 0.338 e. The van der Waals surface area contributed by atoms with Crippen molar-refractivity contribution >= 4 is 35.7 Å². The number of guanidine groups is 3. The summed E-state index contributed by atoms with van der Waals surface area (Å²) < 4.78 is 0. The quantitative estimate of drug-likeness (QED) is 0.0516. The molecule has 0 aromatic rings. The molecule has 0 bridgehead atoms. The van der Waals surface area contributed by atoms with Crippen molar-refractivity contribution in [2.75, 3.05) is 19.6 Å². The summed E-state index contributed by atoms with van der Waals surface area (Å²) in [6.07, 6.45) is 1.93. The van der Waals surface area contributed by atoms with Gasteiger partial charge in [-0.15, -0.1) is 0 Å². The minimum atomic E-state index is -1.21. The third-order valence-electron chi connectivity index (χ3n) is 4.60. The van der Waals surface area contributed by atoms with E-state index in [1.54, 1.807) is 0 Å². The second-order valence-corrected chi connectivity index (χ2v) is 7.64. The number of aliphatic carboxylic acids is 1. The van der Waals surface area contributed by atoms with Crippen molar-refractivity contribution in [2.45, 2.75) is 56.7 Å². The molecule has 194 valence electrons. The van der Waals surface area contributed by atoms with Crippen molar-refractivity contribution in [3.63, 3.8) is 0 Å². The molecule has 20 N–H and O–H groups in total. The summed E-state index contributed by atoms with van der Waals surface area (Å²) in [7, 11) is 0. The van der Waals surface area contributed by atoms with E-state index in [0.717, 1.165) is 0 Å². The van der Waals surface area contributed by atoms with Crippen molar-refractivity contribution in [3.8, 4) is 0 Å². The number of hydrogen-bond acceptors (Lipinski definition) is 4. The Morgan fingerprint density at radius 3 is 1.44 bits per heavy atom. The van der Waals surface area contributed by atoms with Gasteiger partial charge in [-0.2, -0.15) is 0 Å². The molecular formula is C18H41N12O4+3. The summed E-state index contributed by atoms with van der Waals surface area (Å²) in [6.45, 7) is 1.11. The van der Waals surface area contributed by atoms with Gasteiger partial charge in [-0.1, -0.05) is 0 Å². The number of carbonyl (C=O) groups is 3. The maximum atomic E-state index is 12.8. The number of nitrogens with two attached hydrogens (primary N) is 7. The van der Waals surface area contributed by atoms with Crippen LogP contribution in [0.2, 0.25) is 0 Å². The molecule has 16 heteroatoms. The van der Waals surface area contributed by atoms with Crippen molar-refractivity contribution in [2.24, 2.45) is 40.1 Å². The fourth-order valence-corrected chi connectivity index (χ4v) is 2.84. The number of carbonyl (C=O) groups excluding carboxylic acids is 2. The van der Waals surface area contributed by atoms with Crippen LogP contribution >= 0.6 is 0 Å². The van der Waals surface area contributed by atoms with Gasteiger partial charge in [0, 0.05) is 0 Å². The lowest BCUT2D eigenvalue weighted by molar-refractivity contribution is -0.460. The minimum Gasteiger partial charge on any atom is -0.480 e. The molecule has 2 amide bonds. The van der Waals surface area contributed by atoms with Gasteiger partial charge >= 0.3 is 23.8 Å².